The number of aliphatic hydroxyl groups is 9. The van der Waals surface area contributed by atoms with Crippen molar-refractivity contribution in [2.75, 3.05) is 19.8 Å². The fourth-order valence-electron chi connectivity index (χ4n) is 9.54. The zero-order chi connectivity index (χ0) is 50.5. The Morgan fingerprint density at radius 1 is 0.493 bits per heavy atom. The lowest BCUT2D eigenvalue weighted by atomic mass is 9.98. The average Bonchev–Trinajstić information content (AvgIpc) is 3.34. The molecular formula is C54H105NO14. The molecule has 0 aromatic heterocycles. The molecule has 0 aromatic rings. The summed E-state index contributed by atoms with van der Waals surface area (Å²) in [4.78, 5) is 13.3. The standard InChI is InChI=1S/C54H105NO14/c1-3-5-7-9-11-13-15-17-18-19-20-21-22-23-25-27-29-31-33-35-37-43(57)52(65)55-41(46(59)42(56)36-34-32-30-28-26-24-16-14-12-10-8-6-4-2)38-66-54-51(64)49(62)48(61)45(69-54)40-68-53-50(63)47(60)44(58)39-67-53/h41-51,53-54,56-64H,3-40H2,1-2H3,(H,55,65). The van der Waals surface area contributed by atoms with Crippen LogP contribution in [0.3, 0.4) is 0 Å². The second-order valence-electron chi connectivity index (χ2n) is 20.7. The number of ether oxygens (including phenoxy) is 4. The zero-order valence-corrected chi connectivity index (χ0v) is 43.4. The van der Waals surface area contributed by atoms with Crippen molar-refractivity contribution < 1.29 is 69.7 Å². The van der Waals surface area contributed by atoms with Gasteiger partial charge in [0.05, 0.1) is 32.0 Å². The number of unbranched alkanes of at least 4 members (excludes halogenated alkanes) is 31. The van der Waals surface area contributed by atoms with Gasteiger partial charge >= 0.3 is 0 Å². The van der Waals surface area contributed by atoms with Crippen molar-refractivity contribution in [3.63, 3.8) is 0 Å². The minimum Gasteiger partial charge on any atom is -0.390 e. The first kappa shape index (κ1) is 64.1. The van der Waals surface area contributed by atoms with Gasteiger partial charge in [-0.1, -0.05) is 226 Å². The molecule has 15 nitrogen and oxygen atoms in total. The van der Waals surface area contributed by atoms with Crippen molar-refractivity contribution in [2.24, 2.45) is 0 Å². The predicted molar refractivity (Wildman–Crippen MR) is 269 cm³/mol. The highest BCUT2D eigenvalue weighted by Gasteiger charge is 2.46. The predicted octanol–water partition coefficient (Wildman–Crippen LogP) is 7.53. The van der Waals surface area contributed by atoms with Crippen LogP contribution in [-0.2, 0) is 23.7 Å². The molecule has 0 radical (unpaired) electrons. The topological polar surface area (TPSA) is 248 Å². The quantitative estimate of drug-likeness (QED) is 0.0265. The molecule has 15 heteroatoms. The number of aliphatic hydroxyl groups excluding tert-OH is 9. The SMILES string of the molecule is CCCCCCCCCCCCCCCCCCCCCCC(O)C(=O)NC(COC1OC(COC2OCC(O)C(O)C2O)C(O)C(O)C1O)C(O)C(O)CCCCCCCCCCCCCCC. The first-order valence-electron chi connectivity index (χ1n) is 28.4. The Labute approximate surface area is 417 Å². The fourth-order valence-corrected chi connectivity index (χ4v) is 9.54. The molecule has 2 aliphatic rings. The summed E-state index contributed by atoms with van der Waals surface area (Å²) in [6.45, 7) is 3.19. The molecule has 410 valence electrons. The monoisotopic (exact) mass is 992 g/mol. The molecule has 13 atom stereocenters. The van der Waals surface area contributed by atoms with Crippen LogP contribution in [0.5, 0.6) is 0 Å². The summed E-state index contributed by atoms with van der Waals surface area (Å²) in [6, 6.07) is -1.24. The van der Waals surface area contributed by atoms with Crippen molar-refractivity contribution in [1.82, 2.24) is 5.32 Å². The first-order chi connectivity index (χ1) is 33.4. The Balaban J connectivity index is 1.79. The van der Waals surface area contributed by atoms with Gasteiger partial charge in [-0.15, -0.1) is 0 Å². The van der Waals surface area contributed by atoms with Crippen LogP contribution >= 0.6 is 0 Å². The number of carbonyl (C=O) groups excluding carboxylic acids is 1. The molecule has 2 rings (SSSR count). The van der Waals surface area contributed by atoms with Gasteiger partial charge in [0.2, 0.25) is 5.91 Å². The lowest BCUT2D eigenvalue weighted by Gasteiger charge is -2.42. The van der Waals surface area contributed by atoms with E-state index in [-0.39, 0.29) is 19.4 Å². The van der Waals surface area contributed by atoms with Gasteiger partial charge in [0.25, 0.3) is 0 Å². The smallest absolute Gasteiger partial charge is 0.249 e. The van der Waals surface area contributed by atoms with E-state index in [4.69, 9.17) is 18.9 Å². The Bertz CT molecular complexity index is 1190. The molecule has 0 aromatic carbocycles. The van der Waals surface area contributed by atoms with Crippen LogP contribution in [0.1, 0.15) is 239 Å². The number of carbonyl (C=O) groups is 1. The molecule has 2 heterocycles. The second kappa shape index (κ2) is 41.3. The molecule has 2 aliphatic heterocycles. The summed E-state index contributed by atoms with van der Waals surface area (Å²) in [7, 11) is 0. The number of amides is 1. The van der Waals surface area contributed by atoms with Crippen LogP contribution < -0.4 is 5.32 Å². The van der Waals surface area contributed by atoms with Crippen molar-refractivity contribution in [3.05, 3.63) is 0 Å². The van der Waals surface area contributed by atoms with Gasteiger partial charge < -0.3 is 70.2 Å². The number of nitrogens with one attached hydrogen (secondary N) is 1. The van der Waals surface area contributed by atoms with Gasteiger partial charge in [-0.3, -0.25) is 4.79 Å². The molecule has 0 aliphatic carbocycles. The van der Waals surface area contributed by atoms with E-state index in [2.05, 4.69) is 19.2 Å². The molecule has 2 saturated heterocycles. The highest BCUT2D eigenvalue weighted by Crippen LogP contribution is 2.26. The maximum absolute atomic E-state index is 13.3. The molecule has 0 spiro atoms. The van der Waals surface area contributed by atoms with Gasteiger partial charge in [0.15, 0.2) is 12.6 Å². The lowest BCUT2D eigenvalue weighted by molar-refractivity contribution is -0.322. The highest BCUT2D eigenvalue weighted by molar-refractivity contribution is 5.80. The maximum atomic E-state index is 13.3. The summed E-state index contributed by atoms with van der Waals surface area (Å²) in [5.41, 5.74) is 0. The Kier molecular flexibility index (Phi) is 38.4. The normalized spacial score (nSPS) is 25.9. The third-order valence-corrected chi connectivity index (χ3v) is 14.4. The Morgan fingerprint density at radius 2 is 0.884 bits per heavy atom. The third kappa shape index (κ3) is 28.8. The van der Waals surface area contributed by atoms with Crippen molar-refractivity contribution in [2.45, 2.75) is 318 Å². The third-order valence-electron chi connectivity index (χ3n) is 14.4. The van der Waals surface area contributed by atoms with Crippen molar-refractivity contribution >= 4 is 5.91 Å². The molecule has 13 unspecified atom stereocenters. The first-order valence-corrected chi connectivity index (χ1v) is 28.4. The summed E-state index contributed by atoms with van der Waals surface area (Å²) in [5, 5.41) is 98.1. The zero-order valence-electron chi connectivity index (χ0n) is 43.4. The van der Waals surface area contributed by atoms with Crippen molar-refractivity contribution in [1.29, 1.82) is 0 Å². The molecule has 0 bridgehead atoms. The van der Waals surface area contributed by atoms with Crippen molar-refractivity contribution in [3.8, 4) is 0 Å². The van der Waals surface area contributed by atoms with Crippen LogP contribution in [0.25, 0.3) is 0 Å². The van der Waals surface area contributed by atoms with Crippen LogP contribution in [0.4, 0.5) is 0 Å². The minimum absolute atomic E-state index is 0.224. The average molecular weight is 992 g/mol. The van der Waals surface area contributed by atoms with Crippen LogP contribution in [0, 0.1) is 0 Å². The van der Waals surface area contributed by atoms with Gasteiger partial charge in [-0.25, -0.2) is 0 Å². The molecule has 10 N–H and O–H groups in total. The van der Waals surface area contributed by atoms with Crippen LogP contribution in [-0.4, -0.2) is 151 Å². The molecule has 0 saturated carbocycles. The molecule has 2 fully saturated rings. The fraction of sp³-hybridized carbons (Fsp3) is 0.981. The van der Waals surface area contributed by atoms with Gasteiger partial charge in [0.1, 0.15) is 54.9 Å². The Morgan fingerprint density at radius 3 is 1.32 bits per heavy atom. The van der Waals surface area contributed by atoms with E-state index in [1.54, 1.807) is 0 Å². The largest absolute Gasteiger partial charge is 0.390 e. The van der Waals surface area contributed by atoms with Crippen LogP contribution in [0.2, 0.25) is 0 Å². The summed E-state index contributed by atoms with van der Waals surface area (Å²) < 4.78 is 22.3. The summed E-state index contributed by atoms with van der Waals surface area (Å²) in [6.07, 6.45) is 22.6. The minimum atomic E-state index is -1.77. The van der Waals surface area contributed by atoms with Gasteiger partial charge in [-0.05, 0) is 12.8 Å². The Hall–Kier alpha value is -1.05. The van der Waals surface area contributed by atoms with E-state index in [1.165, 1.54) is 161 Å². The number of rotatable bonds is 45. The van der Waals surface area contributed by atoms with E-state index in [1.807, 2.05) is 0 Å². The molecule has 1 amide bonds. The number of hydrogen-bond donors (Lipinski definition) is 10. The van der Waals surface area contributed by atoms with E-state index in [0.717, 1.165) is 38.5 Å². The van der Waals surface area contributed by atoms with E-state index < -0.39 is 98.8 Å². The van der Waals surface area contributed by atoms with Crippen LogP contribution in [0.15, 0.2) is 0 Å². The van der Waals surface area contributed by atoms with E-state index in [0.29, 0.717) is 12.8 Å². The van der Waals surface area contributed by atoms with E-state index >= 15 is 0 Å². The van der Waals surface area contributed by atoms with E-state index in [9.17, 15) is 50.8 Å². The highest BCUT2D eigenvalue weighted by atomic mass is 16.7. The number of hydrogen-bond acceptors (Lipinski definition) is 14. The molecule has 69 heavy (non-hydrogen) atoms. The maximum Gasteiger partial charge on any atom is 0.249 e. The van der Waals surface area contributed by atoms with Gasteiger partial charge in [0, 0.05) is 0 Å². The second-order valence-corrected chi connectivity index (χ2v) is 20.7. The summed E-state index contributed by atoms with van der Waals surface area (Å²) in [5.74, 6) is -0.737. The lowest BCUT2D eigenvalue weighted by Crippen LogP contribution is -2.61. The summed E-state index contributed by atoms with van der Waals surface area (Å²) >= 11 is 0. The molecular weight excluding hydrogens is 887 g/mol. The van der Waals surface area contributed by atoms with Gasteiger partial charge in [-0.2, -0.15) is 0 Å².